The van der Waals surface area contributed by atoms with Crippen molar-refractivity contribution in [2.24, 2.45) is 0 Å². The molecule has 4 heterocycles. The van der Waals surface area contributed by atoms with E-state index in [2.05, 4.69) is 34.0 Å². The molecule has 4 aromatic rings. The van der Waals surface area contributed by atoms with Crippen molar-refractivity contribution >= 4 is 39.2 Å². The predicted molar refractivity (Wildman–Crippen MR) is 137 cm³/mol. The van der Waals surface area contributed by atoms with Crippen LogP contribution >= 0.6 is 23.1 Å². The molecule has 5 rings (SSSR count). The fourth-order valence-corrected chi connectivity index (χ4v) is 6.10. The number of piperidine rings is 1. The number of rotatable bonds is 7. The lowest BCUT2D eigenvalue weighted by atomic mass is 9.92. The molecule has 8 heteroatoms. The van der Waals surface area contributed by atoms with E-state index < -0.39 is 0 Å². The first-order valence-corrected chi connectivity index (χ1v) is 13.4. The number of nitrogens with zero attached hydrogens (tertiary/aromatic N) is 5. The number of para-hydroxylation sites is 1. The Hall–Kier alpha value is -2.84. The van der Waals surface area contributed by atoms with E-state index in [9.17, 15) is 4.79 Å². The number of hydrogen-bond acceptors (Lipinski definition) is 7. The van der Waals surface area contributed by atoms with Crippen LogP contribution in [0.25, 0.3) is 10.2 Å². The van der Waals surface area contributed by atoms with Gasteiger partial charge in [0.2, 0.25) is 5.91 Å². The number of thiazole rings is 1. The quantitative estimate of drug-likeness (QED) is 0.255. The zero-order chi connectivity index (χ0) is 23.3. The van der Waals surface area contributed by atoms with Crippen LogP contribution in [0, 0.1) is 6.92 Å². The van der Waals surface area contributed by atoms with Gasteiger partial charge in [0.15, 0.2) is 5.16 Å². The standard InChI is InChI=1S/C26H27N5OS2/c1-18-14-28-26(33-17-19-6-4-12-27-15-19)30-25(18)20-7-5-13-31(16-20)24(32)11-10-23-29-21-8-2-3-9-22(21)34-23/h2-4,6,8-9,12,14-15,20H,5,7,10-11,13,16-17H2,1H3/t20-/m0/s1. The summed E-state index contributed by atoms with van der Waals surface area (Å²) in [6.07, 6.45) is 8.82. The average molecular weight is 490 g/mol. The molecule has 0 radical (unpaired) electrons. The van der Waals surface area contributed by atoms with Crippen molar-refractivity contribution in [1.82, 2.24) is 24.8 Å². The first-order chi connectivity index (χ1) is 16.7. The highest BCUT2D eigenvalue weighted by Gasteiger charge is 2.27. The molecule has 1 saturated heterocycles. The second kappa shape index (κ2) is 10.6. The van der Waals surface area contributed by atoms with Gasteiger partial charge in [-0.1, -0.05) is 30.0 Å². The van der Waals surface area contributed by atoms with Crippen LogP contribution in [0.4, 0.5) is 0 Å². The molecule has 0 bridgehead atoms. The van der Waals surface area contributed by atoms with Crippen LogP contribution in [0.3, 0.4) is 0 Å². The summed E-state index contributed by atoms with van der Waals surface area (Å²) in [6.45, 7) is 3.62. The third kappa shape index (κ3) is 5.45. The molecule has 1 aliphatic heterocycles. The third-order valence-electron chi connectivity index (χ3n) is 6.13. The van der Waals surface area contributed by atoms with Gasteiger partial charge in [-0.05, 0) is 49.1 Å². The molecule has 0 N–H and O–H groups in total. The van der Waals surface area contributed by atoms with Gasteiger partial charge in [0.25, 0.3) is 0 Å². The minimum atomic E-state index is 0.210. The Morgan fingerprint density at radius 2 is 2.09 bits per heavy atom. The maximum Gasteiger partial charge on any atom is 0.223 e. The van der Waals surface area contributed by atoms with E-state index in [1.165, 1.54) is 4.70 Å². The van der Waals surface area contributed by atoms with Crippen LogP contribution in [-0.2, 0) is 17.0 Å². The van der Waals surface area contributed by atoms with E-state index in [1.807, 2.05) is 41.6 Å². The van der Waals surface area contributed by atoms with E-state index in [-0.39, 0.29) is 11.8 Å². The molecule has 174 valence electrons. The molecule has 0 spiro atoms. The van der Waals surface area contributed by atoms with Crippen molar-refractivity contribution in [3.8, 4) is 0 Å². The number of carbonyl (C=O) groups excluding carboxylic acids is 1. The van der Waals surface area contributed by atoms with Crippen LogP contribution in [-0.4, -0.2) is 43.8 Å². The Labute approximate surface area is 207 Å². The molecule has 1 aromatic carbocycles. The van der Waals surface area contributed by atoms with E-state index in [1.54, 1.807) is 29.3 Å². The number of likely N-dealkylation sites (tertiary alicyclic amines) is 1. The van der Waals surface area contributed by atoms with Crippen LogP contribution in [0.15, 0.2) is 60.1 Å². The van der Waals surface area contributed by atoms with Gasteiger partial charge in [-0.15, -0.1) is 11.3 Å². The maximum atomic E-state index is 13.0. The van der Waals surface area contributed by atoms with Crippen molar-refractivity contribution in [1.29, 1.82) is 0 Å². The molecular weight excluding hydrogens is 462 g/mol. The second-order valence-electron chi connectivity index (χ2n) is 8.63. The molecule has 3 aromatic heterocycles. The van der Waals surface area contributed by atoms with Gasteiger partial charge in [-0.3, -0.25) is 9.78 Å². The first kappa shape index (κ1) is 22.9. The lowest BCUT2D eigenvalue weighted by Gasteiger charge is -2.33. The molecule has 1 atom stereocenters. The topological polar surface area (TPSA) is 71.9 Å². The lowest BCUT2D eigenvalue weighted by Crippen LogP contribution is -2.39. The number of hydrogen-bond donors (Lipinski definition) is 0. The van der Waals surface area contributed by atoms with Crippen LogP contribution in [0.1, 0.15) is 47.0 Å². The number of amides is 1. The summed E-state index contributed by atoms with van der Waals surface area (Å²) in [5.41, 5.74) is 4.34. The van der Waals surface area contributed by atoms with Crippen molar-refractivity contribution in [3.63, 3.8) is 0 Å². The summed E-state index contributed by atoms with van der Waals surface area (Å²) < 4.78 is 1.18. The van der Waals surface area contributed by atoms with Gasteiger partial charge in [0, 0.05) is 56.2 Å². The molecule has 1 aliphatic rings. The monoisotopic (exact) mass is 489 g/mol. The van der Waals surface area contributed by atoms with Crippen LogP contribution < -0.4 is 0 Å². The zero-order valence-electron chi connectivity index (χ0n) is 19.2. The van der Waals surface area contributed by atoms with Gasteiger partial charge in [-0.2, -0.15) is 0 Å². The van der Waals surface area contributed by atoms with Crippen molar-refractivity contribution in [3.05, 3.63) is 76.8 Å². The highest BCUT2D eigenvalue weighted by molar-refractivity contribution is 7.98. The minimum Gasteiger partial charge on any atom is -0.342 e. The van der Waals surface area contributed by atoms with E-state index in [0.29, 0.717) is 12.8 Å². The Morgan fingerprint density at radius 3 is 2.94 bits per heavy atom. The van der Waals surface area contributed by atoms with Crippen molar-refractivity contribution in [2.45, 2.75) is 49.4 Å². The molecule has 0 saturated carbocycles. The van der Waals surface area contributed by atoms with Crippen LogP contribution in [0.2, 0.25) is 0 Å². The highest BCUT2D eigenvalue weighted by Crippen LogP contribution is 2.30. The number of fused-ring (bicyclic) bond motifs is 1. The Bertz CT molecular complexity index is 1240. The Morgan fingerprint density at radius 1 is 1.18 bits per heavy atom. The smallest absolute Gasteiger partial charge is 0.223 e. The number of thioether (sulfide) groups is 1. The van der Waals surface area contributed by atoms with E-state index in [4.69, 9.17) is 4.98 Å². The first-order valence-electron chi connectivity index (χ1n) is 11.6. The second-order valence-corrected chi connectivity index (χ2v) is 10.7. The summed E-state index contributed by atoms with van der Waals surface area (Å²) in [7, 11) is 0. The number of benzene rings is 1. The number of aromatic nitrogens is 4. The Kier molecular flexibility index (Phi) is 7.16. The van der Waals surface area contributed by atoms with E-state index >= 15 is 0 Å². The average Bonchev–Trinajstić information content (AvgIpc) is 3.30. The number of aryl methyl sites for hydroxylation is 2. The fourth-order valence-electron chi connectivity index (χ4n) is 4.38. The molecule has 1 fully saturated rings. The molecule has 34 heavy (non-hydrogen) atoms. The third-order valence-corrected chi connectivity index (χ3v) is 8.16. The summed E-state index contributed by atoms with van der Waals surface area (Å²) in [5.74, 6) is 1.25. The van der Waals surface area contributed by atoms with Gasteiger partial charge in [0.05, 0.1) is 20.9 Å². The normalized spacial score (nSPS) is 16.1. The number of carbonyl (C=O) groups is 1. The van der Waals surface area contributed by atoms with Gasteiger partial charge in [-0.25, -0.2) is 15.0 Å². The maximum absolute atomic E-state index is 13.0. The van der Waals surface area contributed by atoms with E-state index in [0.717, 1.165) is 64.2 Å². The minimum absolute atomic E-state index is 0.210. The largest absolute Gasteiger partial charge is 0.342 e. The summed E-state index contributed by atoms with van der Waals surface area (Å²) in [4.78, 5) is 33.3. The summed E-state index contributed by atoms with van der Waals surface area (Å²) >= 11 is 3.31. The summed E-state index contributed by atoms with van der Waals surface area (Å²) in [5, 5.41) is 1.81. The molecule has 0 aliphatic carbocycles. The summed E-state index contributed by atoms with van der Waals surface area (Å²) in [6, 6.07) is 12.2. The SMILES string of the molecule is Cc1cnc(SCc2cccnc2)nc1[C@H]1CCCN(C(=O)CCc2nc3ccccc3s2)C1. The predicted octanol–water partition coefficient (Wildman–Crippen LogP) is 5.42. The zero-order valence-corrected chi connectivity index (χ0v) is 20.8. The molecule has 0 unspecified atom stereocenters. The molecule has 6 nitrogen and oxygen atoms in total. The van der Waals surface area contributed by atoms with Crippen molar-refractivity contribution < 1.29 is 4.79 Å². The fraction of sp³-hybridized carbons (Fsp3) is 0.346. The molecule has 1 amide bonds. The van der Waals surface area contributed by atoms with Gasteiger partial charge < -0.3 is 4.90 Å². The molecular formula is C26H27N5OS2. The highest BCUT2D eigenvalue weighted by atomic mass is 32.2. The lowest BCUT2D eigenvalue weighted by molar-refractivity contribution is -0.132. The van der Waals surface area contributed by atoms with Gasteiger partial charge >= 0.3 is 0 Å². The number of pyridine rings is 1. The van der Waals surface area contributed by atoms with Gasteiger partial charge in [0.1, 0.15) is 0 Å². The van der Waals surface area contributed by atoms with Crippen molar-refractivity contribution in [2.75, 3.05) is 13.1 Å². The van der Waals surface area contributed by atoms with Crippen LogP contribution in [0.5, 0.6) is 0 Å². The Balaban J connectivity index is 1.21.